The summed E-state index contributed by atoms with van der Waals surface area (Å²) in [6.45, 7) is 4.76. The first-order chi connectivity index (χ1) is 14.3. The van der Waals surface area contributed by atoms with Crippen LogP contribution in [0, 0.1) is 0 Å². The van der Waals surface area contributed by atoms with Crippen molar-refractivity contribution < 1.29 is 22.7 Å². The fraction of sp³-hybridized carbons (Fsp3) is 0.318. The molecule has 0 aliphatic heterocycles. The molecule has 8 heteroatoms. The molecule has 2 aromatic carbocycles. The molecule has 1 amide bonds. The number of nitrogens with one attached hydrogen (secondary N) is 1. The molecule has 0 heterocycles. The van der Waals surface area contributed by atoms with Gasteiger partial charge in [-0.05, 0) is 41.5 Å². The molecular formula is C22H28N2O5S. The van der Waals surface area contributed by atoms with Crippen molar-refractivity contribution in [1.29, 1.82) is 0 Å². The van der Waals surface area contributed by atoms with E-state index in [0.29, 0.717) is 31.1 Å². The number of sulfonamides is 1. The van der Waals surface area contributed by atoms with Gasteiger partial charge in [0, 0.05) is 31.8 Å². The van der Waals surface area contributed by atoms with Crippen LogP contribution in [0.4, 0.5) is 0 Å². The monoisotopic (exact) mass is 432 g/mol. The lowest BCUT2D eigenvalue weighted by Crippen LogP contribution is -2.30. The highest BCUT2D eigenvalue weighted by atomic mass is 32.2. The van der Waals surface area contributed by atoms with E-state index in [1.54, 1.807) is 64.5 Å². The van der Waals surface area contributed by atoms with E-state index < -0.39 is 10.0 Å². The Morgan fingerprint density at radius 3 is 2.07 bits per heavy atom. The third-order valence-corrected chi connectivity index (χ3v) is 6.59. The van der Waals surface area contributed by atoms with E-state index in [4.69, 9.17) is 9.47 Å². The Morgan fingerprint density at radius 2 is 1.57 bits per heavy atom. The molecule has 0 unspecified atom stereocenters. The van der Waals surface area contributed by atoms with Crippen molar-refractivity contribution in [2.45, 2.75) is 25.3 Å². The number of amides is 1. The molecule has 0 spiro atoms. The third-order valence-electron chi connectivity index (χ3n) is 4.53. The molecule has 2 aromatic rings. The average molecular weight is 433 g/mol. The Labute approximate surface area is 178 Å². The van der Waals surface area contributed by atoms with Gasteiger partial charge in [-0.1, -0.05) is 26.0 Å². The first kappa shape index (κ1) is 23.4. The van der Waals surface area contributed by atoms with Crippen LogP contribution in [0.5, 0.6) is 11.5 Å². The topological polar surface area (TPSA) is 84.9 Å². The summed E-state index contributed by atoms with van der Waals surface area (Å²) in [5.74, 6) is 1.03. The van der Waals surface area contributed by atoms with E-state index in [1.807, 2.05) is 12.1 Å². The molecule has 7 nitrogen and oxygen atoms in total. The van der Waals surface area contributed by atoms with Gasteiger partial charge in [-0.3, -0.25) is 4.79 Å². The van der Waals surface area contributed by atoms with Gasteiger partial charge in [0.2, 0.25) is 15.9 Å². The fourth-order valence-corrected chi connectivity index (χ4v) is 4.31. The highest BCUT2D eigenvalue weighted by Gasteiger charge is 2.20. The van der Waals surface area contributed by atoms with Crippen molar-refractivity contribution in [2.24, 2.45) is 0 Å². The van der Waals surface area contributed by atoms with Crippen LogP contribution < -0.4 is 14.8 Å². The highest BCUT2D eigenvalue weighted by Crippen LogP contribution is 2.22. The van der Waals surface area contributed by atoms with Gasteiger partial charge in [0.05, 0.1) is 19.1 Å². The van der Waals surface area contributed by atoms with Gasteiger partial charge in [0.25, 0.3) is 0 Å². The summed E-state index contributed by atoms with van der Waals surface area (Å²) >= 11 is 0. The maximum atomic E-state index is 12.5. The van der Waals surface area contributed by atoms with E-state index in [-0.39, 0.29) is 10.8 Å². The van der Waals surface area contributed by atoms with Crippen LogP contribution in [0.2, 0.25) is 0 Å². The Balaban J connectivity index is 2.00. The SMILES string of the molecule is CCN(CC)S(=O)(=O)c1ccc(/C=C/C(=O)NCc2cc(OC)cc(OC)c2)cc1. The molecular weight excluding hydrogens is 404 g/mol. The summed E-state index contributed by atoms with van der Waals surface area (Å²) in [7, 11) is -0.355. The number of carbonyl (C=O) groups excluding carboxylic acids is 1. The second-order valence-electron chi connectivity index (χ2n) is 6.43. The lowest BCUT2D eigenvalue weighted by atomic mass is 10.2. The van der Waals surface area contributed by atoms with Gasteiger partial charge in [-0.25, -0.2) is 8.42 Å². The van der Waals surface area contributed by atoms with Crippen molar-refractivity contribution in [3.63, 3.8) is 0 Å². The smallest absolute Gasteiger partial charge is 0.244 e. The molecule has 2 rings (SSSR count). The lowest BCUT2D eigenvalue weighted by molar-refractivity contribution is -0.116. The molecule has 0 atom stereocenters. The molecule has 0 saturated heterocycles. The largest absolute Gasteiger partial charge is 0.497 e. The standard InChI is InChI=1S/C22H28N2O5S/c1-5-24(6-2)30(26,27)21-10-7-17(8-11-21)9-12-22(25)23-16-18-13-19(28-3)15-20(14-18)29-4/h7-15H,5-6,16H2,1-4H3,(H,23,25)/b12-9+. The molecule has 0 aliphatic rings. The van der Waals surface area contributed by atoms with Crippen LogP contribution in [0.25, 0.3) is 6.08 Å². The van der Waals surface area contributed by atoms with Crippen LogP contribution in [0.3, 0.4) is 0 Å². The van der Waals surface area contributed by atoms with E-state index in [9.17, 15) is 13.2 Å². The second kappa shape index (κ2) is 10.8. The van der Waals surface area contributed by atoms with E-state index in [0.717, 1.165) is 11.1 Å². The van der Waals surface area contributed by atoms with Crippen molar-refractivity contribution in [3.8, 4) is 11.5 Å². The predicted molar refractivity (Wildman–Crippen MR) is 117 cm³/mol. The zero-order chi connectivity index (χ0) is 22.1. The van der Waals surface area contributed by atoms with Gasteiger partial charge in [0.15, 0.2) is 0 Å². The van der Waals surface area contributed by atoms with Crippen molar-refractivity contribution in [3.05, 3.63) is 59.7 Å². The number of hydrogen-bond acceptors (Lipinski definition) is 5. The van der Waals surface area contributed by atoms with E-state index in [2.05, 4.69) is 5.32 Å². The number of ether oxygens (including phenoxy) is 2. The van der Waals surface area contributed by atoms with Gasteiger partial charge < -0.3 is 14.8 Å². The fourth-order valence-electron chi connectivity index (χ4n) is 2.85. The molecule has 0 saturated carbocycles. The minimum absolute atomic E-state index is 0.236. The summed E-state index contributed by atoms with van der Waals surface area (Å²) < 4.78 is 36.9. The average Bonchev–Trinajstić information content (AvgIpc) is 2.76. The predicted octanol–water partition coefficient (Wildman–Crippen LogP) is 3.06. The lowest BCUT2D eigenvalue weighted by Gasteiger charge is -2.18. The summed E-state index contributed by atoms with van der Waals surface area (Å²) in [5, 5.41) is 2.80. The minimum Gasteiger partial charge on any atom is -0.497 e. The zero-order valence-corrected chi connectivity index (χ0v) is 18.5. The van der Waals surface area contributed by atoms with Crippen LogP contribution >= 0.6 is 0 Å². The summed E-state index contributed by atoms with van der Waals surface area (Å²) in [5.41, 5.74) is 1.57. The number of carbonyl (C=O) groups is 1. The molecule has 0 fully saturated rings. The first-order valence-electron chi connectivity index (χ1n) is 9.62. The Hall–Kier alpha value is -2.84. The van der Waals surface area contributed by atoms with E-state index in [1.165, 1.54) is 10.4 Å². The van der Waals surface area contributed by atoms with Crippen molar-refractivity contribution in [1.82, 2.24) is 9.62 Å². The number of hydrogen-bond donors (Lipinski definition) is 1. The molecule has 1 N–H and O–H groups in total. The molecule has 0 aromatic heterocycles. The Kier molecular flexibility index (Phi) is 8.44. The number of nitrogens with zero attached hydrogens (tertiary/aromatic N) is 1. The quantitative estimate of drug-likeness (QED) is 0.583. The molecule has 0 radical (unpaired) electrons. The highest BCUT2D eigenvalue weighted by molar-refractivity contribution is 7.89. The van der Waals surface area contributed by atoms with Crippen LogP contribution in [0.15, 0.2) is 53.4 Å². The van der Waals surface area contributed by atoms with Crippen LogP contribution in [-0.2, 0) is 21.4 Å². The molecule has 30 heavy (non-hydrogen) atoms. The Morgan fingerprint density at radius 1 is 1.00 bits per heavy atom. The summed E-state index contributed by atoms with van der Waals surface area (Å²) in [6.07, 6.45) is 3.04. The van der Waals surface area contributed by atoms with Crippen molar-refractivity contribution in [2.75, 3.05) is 27.3 Å². The molecule has 162 valence electrons. The maximum Gasteiger partial charge on any atom is 0.244 e. The second-order valence-corrected chi connectivity index (χ2v) is 8.37. The van der Waals surface area contributed by atoms with Gasteiger partial charge in [-0.15, -0.1) is 0 Å². The van der Waals surface area contributed by atoms with Gasteiger partial charge >= 0.3 is 0 Å². The number of methoxy groups -OCH3 is 2. The molecule has 0 bridgehead atoms. The number of benzene rings is 2. The van der Waals surface area contributed by atoms with Crippen molar-refractivity contribution >= 4 is 22.0 Å². The molecule has 0 aliphatic carbocycles. The van der Waals surface area contributed by atoms with E-state index >= 15 is 0 Å². The maximum absolute atomic E-state index is 12.5. The van der Waals surface area contributed by atoms with Gasteiger partial charge in [-0.2, -0.15) is 4.31 Å². The van der Waals surface area contributed by atoms with Crippen LogP contribution in [0.1, 0.15) is 25.0 Å². The summed E-state index contributed by atoms with van der Waals surface area (Å²) in [6, 6.07) is 11.8. The first-order valence-corrected chi connectivity index (χ1v) is 11.1. The van der Waals surface area contributed by atoms with Gasteiger partial charge in [0.1, 0.15) is 11.5 Å². The number of rotatable bonds is 10. The summed E-state index contributed by atoms with van der Waals surface area (Å²) in [4.78, 5) is 12.4. The zero-order valence-electron chi connectivity index (χ0n) is 17.7. The van der Waals surface area contributed by atoms with Crippen LogP contribution in [-0.4, -0.2) is 45.9 Å². The minimum atomic E-state index is -3.49. The normalized spacial score (nSPS) is 11.6. The Bertz CT molecular complexity index is 959. The third kappa shape index (κ3) is 6.08.